The number of methoxy groups -OCH3 is 1. The summed E-state index contributed by atoms with van der Waals surface area (Å²) in [4.78, 5) is 13.4. The van der Waals surface area contributed by atoms with Gasteiger partial charge in [-0.3, -0.25) is 9.78 Å². The molecule has 0 radical (unpaired) electrons. The van der Waals surface area contributed by atoms with Crippen molar-refractivity contribution in [2.75, 3.05) is 7.11 Å². The molecule has 0 bridgehead atoms. The van der Waals surface area contributed by atoms with Gasteiger partial charge in [0.1, 0.15) is 0 Å². The molecule has 4 aromatic rings. The summed E-state index contributed by atoms with van der Waals surface area (Å²) in [5, 5.41) is 0. The number of primary amides is 1. The summed E-state index contributed by atoms with van der Waals surface area (Å²) in [5.41, 5.74) is 9.58. The third-order valence-electron chi connectivity index (χ3n) is 7.52. The Morgan fingerprint density at radius 2 is 1.27 bits per heavy atom. The monoisotopic (exact) mass is 610 g/mol. The van der Waals surface area contributed by atoms with Crippen LogP contribution in [0.25, 0.3) is 0 Å². The Morgan fingerprint density at radius 1 is 0.778 bits per heavy atom. The lowest BCUT2D eigenvalue weighted by molar-refractivity contribution is -0.115. The molecule has 0 spiro atoms. The van der Waals surface area contributed by atoms with E-state index in [2.05, 4.69) is 66.2 Å². The minimum Gasteiger partial charge on any atom is -0.493 e. The first-order valence-electron chi connectivity index (χ1n) is 16.5. The largest absolute Gasteiger partial charge is 0.493 e. The Hall–Kier alpha value is -4.12. The summed E-state index contributed by atoms with van der Waals surface area (Å²) in [5.74, 6) is 1.59. The molecule has 1 atom stereocenters. The smallest absolute Gasteiger partial charge is 0.214 e. The van der Waals surface area contributed by atoms with E-state index in [0.29, 0.717) is 6.10 Å². The van der Waals surface area contributed by atoms with E-state index in [9.17, 15) is 4.79 Å². The van der Waals surface area contributed by atoms with E-state index in [1.54, 1.807) is 7.11 Å². The highest BCUT2D eigenvalue weighted by molar-refractivity contribution is 5.70. The summed E-state index contributed by atoms with van der Waals surface area (Å²) in [6.07, 6.45) is 15.7. The van der Waals surface area contributed by atoms with Crippen molar-refractivity contribution in [3.63, 3.8) is 0 Å². The van der Waals surface area contributed by atoms with Crippen molar-refractivity contribution in [3.8, 4) is 11.5 Å². The number of rotatable bonds is 7. The van der Waals surface area contributed by atoms with Crippen molar-refractivity contribution in [1.82, 2.24) is 4.98 Å². The number of amides is 1. The first kappa shape index (κ1) is 37.1. The molecule has 0 aliphatic heterocycles. The Bertz CT molecular complexity index is 1270. The highest BCUT2D eigenvalue weighted by Gasteiger charge is 2.21. The van der Waals surface area contributed by atoms with Gasteiger partial charge in [0.25, 0.3) is 0 Å². The maximum Gasteiger partial charge on any atom is 0.214 e. The lowest BCUT2D eigenvalue weighted by Crippen LogP contribution is -2.12. The molecule has 6 rings (SSSR count). The fourth-order valence-electron chi connectivity index (χ4n) is 4.80. The van der Waals surface area contributed by atoms with Crippen LogP contribution in [0.2, 0.25) is 0 Å². The summed E-state index contributed by atoms with van der Waals surface area (Å²) in [7, 11) is 1.71. The van der Waals surface area contributed by atoms with Gasteiger partial charge in [-0.2, -0.15) is 0 Å². The highest BCUT2D eigenvalue weighted by Crippen LogP contribution is 2.37. The van der Waals surface area contributed by atoms with E-state index in [4.69, 9.17) is 9.47 Å². The molecule has 242 valence electrons. The van der Waals surface area contributed by atoms with E-state index in [1.807, 2.05) is 68.7 Å². The van der Waals surface area contributed by atoms with Crippen LogP contribution in [0, 0.1) is 6.92 Å². The quantitative estimate of drug-likeness (QED) is 0.226. The number of pyridine rings is 1. The standard InChI is InChI=1S/C26H29NO2.C6H6.C4H8.C2H5NO.C2H6/c1-19-7-9-21(10-8-19)24(17-20-13-15-27-16-14-20)22-11-12-25(28-2)26(18-22)29-23-5-3-4-6-23;1-2-4-6-5-3-1;1-2-4-3-1;1-2(3)4;1-2/h7-16,18,23-24H,3-6,17H2,1-2H3;1-6H;1-4H2;1H3,(H2,3,4);1-2H3. The van der Waals surface area contributed by atoms with Crippen LogP contribution in [0.15, 0.2) is 103 Å². The van der Waals surface area contributed by atoms with Gasteiger partial charge in [0.05, 0.1) is 13.2 Å². The van der Waals surface area contributed by atoms with E-state index < -0.39 is 0 Å². The molecule has 2 saturated carbocycles. The van der Waals surface area contributed by atoms with Crippen LogP contribution in [0.1, 0.15) is 100 Å². The van der Waals surface area contributed by atoms with Crippen LogP contribution >= 0.6 is 0 Å². The summed E-state index contributed by atoms with van der Waals surface area (Å²) in [6, 6.07) is 31.5. The second kappa shape index (κ2) is 22.4. The second-order valence-electron chi connectivity index (χ2n) is 11.1. The number of aryl methyl sites for hydroxylation is 1. The molecule has 2 aliphatic carbocycles. The predicted octanol–water partition coefficient (Wildman–Crippen LogP) is 9.86. The minimum atomic E-state index is -0.333. The molecule has 2 fully saturated rings. The van der Waals surface area contributed by atoms with Crippen LogP contribution in [-0.4, -0.2) is 24.1 Å². The molecule has 5 nitrogen and oxygen atoms in total. The third-order valence-corrected chi connectivity index (χ3v) is 7.52. The van der Waals surface area contributed by atoms with Crippen molar-refractivity contribution >= 4 is 5.91 Å². The molecular weight excluding hydrogens is 556 g/mol. The van der Waals surface area contributed by atoms with Crippen molar-refractivity contribution in [2.45, 2.75) is 97.5 Å². The number of nitrogens with zero attached hydrogens (tertiary/aromatic N) is 1. The summed E-state index contributed by atoms with van der Waals surface area (Å²) in [6.45, 7) is 7.43. The fourth-order valence-corrected chi connectivity index (χ4v) is 4.80. The van der Waals surface area contributed by atoms with Gasteiger partial charge in [0.15, 0.2) is 11.5 Å². The molecule has 1 aromatic heterocycles. The number of nitrogens with two attached hydrogens (primary N) is 1. The van der Waals surface area contributed by atoms with E-state index in [0.717, 1.165) is 30.8 Å². The average Bonchev–Trinajstić information content (AvgIpc) is 3.55. The summed E-state index contributed by atoms with van der Waals surface area (Å²) >= 11 is 0. The van der Waals surface area contributed by atoms with Crippen molar-refractivity contribution < 1.29 is 14.3 Å². The zero-order chi connectivity index (χ0) is 32.7. The normalized spacial score (nSPS) is 13.7. The molecule has 0 saturated heterocycles. The SMILES string of the molecule is C1CCC1.CC.CC(N)=O.COc1ccc(C(Cc2ccncc2)c2ccc(C)cc2)cc1OC1CCCC1.c1ccccc1. The maximum absolute atomic E-state index is 9.22. The van der Waals surface area contributed by atoms with Crippen LogP contribution in [0.4, 0.5) is 0 Å². The third kappa shape index (κ3) is 14.9. The molecular formula is C40H54N2O3. The Labute approximate surface area is 272 Å². The Balaban J connectivity index is 0.000000360. The molecule has 1 amide bonds. The molecule has 3 aromatic carbocycles. The minimum absolute atomic E-state index is 0.245. The topological polar surface area (TPSA) is 74.4 Å². The van der Waals surface area contributed by atoms with Gasteiger partial charge in [-0.25, -0.2) is 0 Å². The first-order chi connectivity index (χ1) is 22.0. The second-order valence-corrected chi connectivity index (χ2v) is 11.1. The molecule has 45 heavy (non-hydrogen) atoms. The predicted molar refractivity (Wildman–Crippen MR) is 188 cm³/mol. The number of aromatic nitrogens is 1. The molecule has 2 N–H and O–H groups in total. The van der Waals surface area contributed by atoms with E-state index in [-0.39, 0.29) is 11.8 Å². The lowest BCUT2D eigenvalue weighted by Gasteiger charge is -2.22. The number of hydrogen-bond donors (Lipinski definition) is 1. The van der Waals surface area contributed by atoms with Crippen molar-refractivity contribution in [1.29, 1.82) is 0 Å². The van der Waals surface area contributed by atoms with Crippen LogP contribution in [-0.2, 0) is 11.2 Å². The maximum atomic E-state index is 9.22. The van der Waals surface area contributed by atoms with Crippen LogP contribution in [0.3, 0.4) is 0 Å². The zero-order valence-corrected chi connectivity index (χ0v) is 28.1. The van der Waals surface area contributed by atoms with Gasteiger partial charge >= 0.3 is 0 Å². The van der Waals surface area contributed by atoms with E-state index >= 15 is 0 Å². The molecule has 1 heterocycles. The summed E-state index contributed by atoms with van der Waals surface area (Å²) < 4.78 is 12.0. The zero-order valence-electron chi connectivity index (χ0n) is 28.1. The van der Waals surface area contributed by atoms with Gasteiger partial charge in [-0.15, -0.1) is 0 Å². The molecule has 1 unspecified atom stereocenters. The average molecular weight is 611 g/mol. The molecule has 2 aliphatic rings. The Kier molecular flexibility index (Phi) is 18.5. The molecule has 5 heteroatoms. The number of benzene rings is 3. The fraction of sp³-hybridized carbons (Fsp3) is 0.400. The van der Waals surface area contributed by atoms with Gasteiger partial charge in [-0.1, -0.05) is 112 Å². The number of ether oxygens (including phenoxy) is 2. The van der Waals surface area contributed by atoms with Crippen LogP contribution in [0.5, 0.6) is 11.5 Å². The number of hydrogen-bond acceptors (Lipinski definition) is 4. The number of carbonyl (C=O) groups is 1. The van der Waals surface area contributed by atoms with Gasteiger partial charge < -0.3 is 15.2 Å². The van der Waals surface area contributed by atoms with Gasteiger partial charge in [0.2, 0.25) is 5.91 Å². The Morgan fingerprint density at radius 3 is 1.73 bits per heavy atom. The van der Waals surface area contributed by atoms with Crippen LogP contribution < -0.4 is 15.2 Å². The lowest BCUT2D eigenvalue weighted by atomic mass is 9.85. The number of carbonyl (C=O) groups excluding carboxylic acids is 1. The first-order valence-corrected chi connectivity index (χ1v) is 16.5. The van der Waals surface area contributed by atoms with Gasteiger partial charge in [0, 0.05) is 25.2 Å². The van der Waals surface area contributed by atoms with E-state index in [1.165, 1.54) is 67.7 Å². The van der Waals surface area contributed by atoms with Gasteiger partial charge in [-0.05, 0) is 80.0 Å². The van der Waals surface area contributed by atoms with Crippen molar-refractivity contribution in [2.24, 2.45) is 5.73 Å². The highest BCUT2D eigenvalue weighted by atomic mass is 16.5. The van der Waals surface area contributed by atoms with Crippen molar-refractivity contribution in [3.05, 3.63) is 126 Å².